The van der Waals surface area contributed by atoms with Gasteiger partial charge in [0, 0.05) is 18.0 Å². The maximum absolute atomic E-state index is 12.6. The zero-order valence-electron chi connectivity index (χ0n) is 14.3. The van der Waals surface area contributed by atoms with Gasteiger partial charge in [-0.3, -0.25) is 0 Å². The summed E-state index contributed by atoms with van der Waals surface area (Å²) in [6, 6.07) is 10.5. The molecule has 1 saturated heterocycles. The highest BCUT2D eigenvalue weighted by Crippen LogP contribution is 2.49. The summed E-state index contributed by atoms with van der Waals surface area (Å²) in [5, 5.41) is 10.3. The number of benzene rings is 1. The Morgan fingerprint density at radius 3 is 2.61 bits per heavy atom. The fourth-order valence-electron chi connectivity index (χ4n) is 4.25. The number of likely N-dealkylation sites (tertiary alicyclic amines) is 1. The Morgan fingerprint density at radius 2 is 1.96 bits per heavy atom. The molecule has 1 amide bonds. The number of carbonyl (C=O) groups is 1. The number of amides is 1. The van der Waals surface area contributed by atoms with Crippen LogP contribution in [0.5, 0.6) is 0 Å². The van der Waals surface area contributed by atoms with Gasteiger partial charge in [-0.05, 0) is 52.0 Å². The van der Waals surface area contributed by atoms with Crippen molar-refractivity contribution in [3.8, 4) is 0 Å². The molecule has 0 radical (unpaired) electrons. The normalized spacial score (nSPS) is 30.9. The number of rotatable bonds is 1. The molecule has 1 heterocycles. The molecule has 2 aliphatic rings. The van der Waals surface area contributed by atoms with E-state index in [2.05, 4.69) is 12.1 Å². The van der Waals surface area contributed by atoms with E-state index in [0.29, 0.717) is 6.54 Å². The summed E-state index contributed by atoms with van der Waals surface area (Å²) < 4.78 is 5.60. The number of nitrogens with zero attached hydrogens (tertiary/aromatic N) is 1. The van der Waals surface area contributed by atoms with E-state index in [4.69, 9.17) is 4.74 Å². The Bertz CT molecular complexity index is 566. The van der Waals surface area contributed by atoms with E-state index in [1.54, 1.807) is 0 Å². The van der Waals surface area contributed by atoms with Crippen LogP contribution in [0.15, 0.2) is 30.3 Å². The minimum atomic E-state index is -0.483. The van der Waals surface area contributed by atoms with Gasteiger partial charge < -0.3 is 14.7 Å². The van der Waals surface area contributed by atoms with Crippen molar-refractivity contribution in [2.45, 2.75) is 69.6 Å². The molecule has 0 spiro atoms. The van der Waals surface area contributed by atoms with Gasteiger partial charge in [-0.15, -0.1) is 0 Å². The van der Waals surface area contributed by atoms with Crippen LogP contribution in [0, 0.1) is 0 Å². The standard InChI is InChI=1S/C19H27NO3/c1-18(2,3)23-17(22)20-12-11-19(14-7-5-4-6-8-14)13-15(21)9-10-16(19)20/h4-8,15-16,21H,9-13H2,1-3H3/t15-,16+,19+/m1/s1. The molecular formula is C19H27NO3. The van der Waals surface area contributed by atoms with Crippen molar-refractivity contribution in [2.24, 2.45) is 0 Å². The van der Waals surface area contributed by atoms with Crippen LogP contribution in [0.4, 0.5) is 4.79 Å². The second-order valence-corrected chi connectivity index (χ2v) is 7.90. The lowest BCUT2D eigenvalue weighted by Gasteiger charge is -2.44. The summed E-state index contributed by atoms with van der Waals surface area (Å²) in [6.45, 7) is 6.39. The number of aliphatic hydroxyl groups is 1. The van der Waals surface area contributed by atoms with Crippen molar-refractivity contribution in [2.75, 3.05) is 6.54 Å². The molecule has 1 aromatic carbocycles. The molecule has 2 fully saturated rings. The lowest BCUT2D eigenvalue weighted by molar-refractivity contribution is 0.00579. The molecule has 4 nitrogen and oxygen atoms in total. The van der Waals surface area contributed by atoms with Gasteiger partial charge >= 0.3 is 6.09 Å². The van der Waals surface area contributed by atoms with E-state index in [-0.39, 0.29) is 23.7 Å². The smallest absolute Gasteiger partial charge is 0.410 e. The Balaban J connectivity index is 1.90. The minimum absolute atomic E-state index is 0.114. The molecule has 1 aliphatic carbocycles. The first kappa shape index (κ1) is 16.3. The summed E-state index contributed by atoms with van der Waals surface area (Å²) in [5.41, 5.74) is 0.605. The molecule has 3 atom stereocenters. The molecule has 0 bridgehead atoms. The Morgan fingerprint density at radius 1 is 1.26 bits per heavy atom. The molecule has 0 aromatic heterocycles. The topological polar surface area (TPSA) is 49.8 Å². The van der Waals surface area contributed by atoms with Gasteiger partial charge in [0.05, 0.1) is 6.10 Å². The molecule has 1 saturated carbocycles. The van der Waals surface area contributed by atoms with Crippen LogP contribution in [0.2, 0.25) is 0 Å². The van der Waals surface area contributed by atoms with Gasteiger partial charge in [0.15, 0.2) is 0 Å². The van der Waals surface area contributed by atoms with Crippen molar-refractivity contribution < 1.29 is 14.6 Å². The van der Waals surface area contributed by atoms with Crippen molar-refractivity contribution in [1.82, 2.24) is 4.90 Å². The van der Waals surface area contributed by atoms with E-state index in [0.717, 1.165) is 25.7 Å². The lowest BCUT2D eigenvalue weighted by Crippen LogP contribution is -2.50. The maximum atomic E-state index is 12.6. The summed E-state index contributed by atoms with van der Waals surface area (Å²) in [4.78, 5) is 14.5. The number of aliphatic hydroxyl groups excluding tert-OH is 1. The fourth-order valence-corrected chi connectivity index (χ4v) is 4.25. The summed E-state index contributed by atoms with van der Waals surface area (Å²) in [6.07, 6.45) is 2.68. The average Bonchev–Trinajstić information content (AvgIpc) is 2.86. The molecule has 1 N–H and O–H groups in total. The van der Waals surface area contributed by atoms with E-state index in [1.165, 1.54) is 5.56 Å². The second-order valence-electron chi connectivity index (χ2n) is 7.90. The third kappa shape index (κ3) is 3.09. The Labute approximate surface area is 138 Å². The average molecular weight is 317 g/mol. The molecule has 1 aromatic rings. The van der Waals surface area contributed by atoms with Crippen LogP contribution in [-0.4, -0.2) is 40.4 Å². The SMILES string of the molecule is CC(C)(C)OC(=O)N1CC[C@@]2(c3ccccc3)C[C@H](O)CC[C@H]12. The predicted molar refractivity (Wildman–Crippen MR) is 89.3 cm³/mol. The molecule has 3 rings (SSSR count). The van der Waals surface area contributed by atoms with E-state index in [1.807, 2.05) is 43.9 Å². The monoisotopic (exact) mass is 317 g/mol. The number of ether oxygens (including phenoxy) is 1. The molecule has 126 valence electrons. The van der Waals surface area contributed by atoms with Crippen LogP contribution in [0.3, 0.4) is 0 Å². The maximum Gasteiger partial charge on any atom is 0.410 e. The van der Waals surface area contributed by atoms with Crippen molar-refractivity contribution in [3.63, 3.8) is 0 Å². The summed E-state index contributed by atoms with van der Waals surface area (Å²) in [5.74, 6) is 0. The van der Waals surface area contributed by atoms with Crippen molar-refractivity contribution in [1.29, 1.82) is 0 Å². The lowest BCUT2D eigenvalue weighted by atomic mass is 9.65. The number of fused-ring (bicyclic) bond motifs is 1. The highest BCUT2D eigenvalue weighted by molar-refractivity contribution is 5.69. The quantitative estimate of drug-likeness (QED) is 0.863. The minimum Gasteiger partial charge on any atom is -0.444 e. The van der Waals surface area contributed by atoms with Crippen LogP contribution < -0.4 is 0 Å². The van der Waals surface area contributed by atoms with E-state index < -0.39 is 5.60 Å². The number of hydrogen-bond donors (Lipinski definition) is 1. The zero-order chi connectivity index (χ0) is 16.7. The summed E-state index contributed by atoms with van der Waals surface area (Å²) >= 11 is 0. The van der Waals surface area contributed by atoms with Crippen LogP contribution >= 0.6 is 0 Å². The van der Waals surface area contributed by atoms with Gasteiger partial charge in [0.2, 0.25) is 0 Å². The Kier molecular flexibility index (Phi) is 4.13. The largest absolute Gasteiger partial charge is 0.444 e. The van der Waals surface area contributed by atoms with E-state index >= 15 is 0 Å². The molecule has 1 aliphatic heterocycles. The predicted octanol–water partition coefficient (Wildman–Crippen LogP) is 3.48. The first-order valence-electron chi connectivity index (χ1n) is 8.55. The number of carbonyl (C=O) groups excluding carboxylic acids is 1. The van der Waals surface area contributed by atoms with Gasteiger partial charge in [0.1, 0.15) is 5.60 Å². The molecule has 23 heavy (non-hydrogen) atoms. The highest BCUT2D eigenvalue weighted by Gasteiger charge is 2.53. The van der Waals surface area contributed by atoms with Crippen molar-refractivity contribution in [3.05, 3.63) is 35.9 Å². The van der Waals surface area contributed by atoms with Crippen molar-refractivity contribution >= 4 is 6.09 Å². The zero-order valence-corrected chi connectivity index (χ0v) is 14.3. The molecule has 0 unspecified atom stereocenters. The Hall–Kier alpha value is -1.55. The molecular weight excluding hydrogens is 290 g/mol. The van der Waals surface area contributed by atoms with Crippen LogP contribution in [0.1, 0.15) is 52.0 Å². The number of hydrogen-bond acceptors (Lipinski definition) is 3. The van der Waals surface area contributed by atoms with Gasteiger partial charge in [0.25, 0.3) is 0 Å². The highest BCUT2D eigenvalue weighted by atomic mass is 16.6. The first-order valence-corrected chi connectivity index (χ1v) is 8.55. The van der Waals surface area contributed by atoms with Gasteiger partial charge in [-0.1, -0.05) is 30.3 Å². The fraction of sp³-hybridized carbons (Fsp3) is 0.632. The van der Waals surface area contributed by atoms with Crippen LogP contribution in [0.25, 0.3) is 0 Å². The third-order valence-corrected chi connectivity index (χ3v) is 5.16. The van der Waals surface area contributed by atoms with Gasteiger partial charge in [-0.25, -0.2) is 4.79 Å². The summed E-state index contributed by atoms with van der Waals surface area (Å²) in [7, 11) is 0. The second kappa shape index (κ2) is 5.82. The van der Waals surface area contributed by atoms with Crippen LogP contribution in [-0.2, 0) is 10.2 Å². The molecule has 4 heteroatoms. The van der Waals surface area contributed by atoms with Gasteiger partial charge in [-0.2, -0.15) is 0 Å². The van der Waals surface area contributed by atoms with E-state index in [9.17, 15) is 9.90 Å². The first-order chi connectivity index (χ1) is 10.8. The third-order valence-electron chi connectivity index (χ3n) is 5.16.